The number of carbonyl (C=O) groups is 1. The summed E-state index contributed by atoms with van der Waals surface area (Å²) in [6.45, 7) is 2.19. The normalized spacial score (nSPS) is 14.5. The zero-order valence-electron chi connectivity index (χ0n) is 18.1. The average molecular weight is 463 g/mol. The van der Waals surface area contributed by atoms with Crippen molar-refractivity contribution >= 4 is 17.7 Å². The maximum Gasteiger partial charge on any atom is 0.231 e. The first-order valence-electron chi connectivity index (χ1n) is 10.6. The lowest BCUT2D eigenvalue weighted by atomic mass is 9.95. The monoisotopic (exact) mass is 462 g/mol. The van der Waals surface area contributed by atoms with Gasteiger partial charge in [-0.3, -0.25) is 4.79 Å². The average Bonchev–Trinajstić information content (AvgIpc) is 3.52. The van der Waals surface area contributed by atoms with Gasteiger partial charge in [0.25, 0.3) is 0 Å². The molecule has 8 nitrogen and oxygen atoms in total. The molecule has 0 unspecified atom stereocenters. The standard InChI is InChI=1S/C24H22N4O4S/c1-28-7-6-18-17(12-28)23(20-3-2-8-30-20)16(10-25)24(27-18)33-13-22(29)26-11-15-4-5-19-21(9-15)32-14-31-19/h2-5,8-9H,6-7,11-14H2,1H3,(H,26,29). The van der Waals surface area contributed by atoms with Crippen LogP contribution in [0.25, 0.3) is 11.3 Å². The molecule has 0 spiro atoms. The van der Waals surface area contributed by atoms with Crippen molar-refractivity contribution in [2.24, 2.45) is 0 Å². The van der Waals surface area contributed by atoms with Gasteiger partial charge in [-0.15, -0.1) is 0 Å². The number of ether oxygens (including phenoxy) is 2. The summed E-state index contributed by atoms with van der Waals surface area (Å²) in [6, 6.07) is 11.6. The molecule has 5 rings (SSSR count). The van der Waals surface area contributed by atoms with Crippen LogP contribution < -0.4 is 14.8 Å². The molecule has 0 fully saturated rings. The van der Waals surface area contributed by atoms with Crippen LogP contribution in [0.15, 0.2) is 46.0 Å². The van der Waals surface area contributed by atoms with E-state index in [1.165, 1.54) is 11.8 Å². The highest BCUT2D eigenvalue weighted by Crippen LogP contribution is 2.37. The van der Waals surface area contributed by atoms with E-state index in [4.69, 9.17) is 18.9 Å². The van der Waals surface area contributed by atoms with Crippen molar-refractivity contribution < 1.29 is 18.7 Å². The molecular weight excluding hydrogens is 440 g/mol. The van der Waals surface area contributed by atoms with Crippen molar-refractivity contribution in [1.82, 2.24) is 15.2 Å². The zero-order chi connectivity index (χ0) is 22.8. The second kappa shape index (κ2) is 9.17. The Balaban J connectivity index is 1.32. The van der Waals surface area contributed by atoms with Crippen LogP contribution >= 0.6 is 11.8 Å². The maximum absolute atomic E-state index is 12.5. The van der Waals surface area contributed by atoms with Gasteiger partial charge in [0.05, 0.1) is 17.6 Å². The Kier molecular flexibility index (Phi) is 5.94. The van der Waals surface area contributed by atoms with E-state index in [0.717, 1.165) is 35.3 Å². The predicted octanol–water partition coefficient (Wildman–Crippen LogP) is 3.34. The van der Waals surface area contributed by atoms with E-state index >= 15 is 0 Å². The van der Waals surface area contributed by atoms with Gasteiger partial charge in [-0.2, -0.15) is 5.26 Å². The number of nitrogens with zero attached hydrogens (tertiary/aromatic N) is 3. The third-order valence-electron chi connectivity index (χ3n) is 5.65. The number of likely N-dealkylation sites (N-methyl/N-ethyl adjacent to an activating group) is 1. The van der Waals surface area contributed by atoms with Crippen LogP contribution in [0.4, 0.5) is 0 Å². The van der Waals surface area contributed by atoms with E-state index in [1.54, 1.807) is 6.26 Å². The SMILES string of the molecule is CN1CCc2nc(SCC(=O)NCc3ccc4c(c3)OCO4)c(C#N)c(-c3ccco3)c2C1. The lowest BCUT2D eigenvalue weighted by molar-refractivity contribution is -0.118. The zero-order valence-corrected chi connectivity index (χ0v) is 18.9. The van der Waals surface area contributed by atoms with Crippen molar-refractivity contribution in [2.45, 2.75) is 24.5 Å². The van der Waals surface area contributed by atoms with Gasteiger partial charge in [-0.1, -0.05) is 17.8 Å². The minimum atomic E-state index is -0.139. The molecule has 0 aliphatic carbocycles. The number of carbonyl (C=O) groups excluding carboxylic acids is 1. The predicted molar refractivity (Wildman–Crippen MR) is 122 cm³/mol. The van der Waals surface area contributed by atoms with Crippen LogP contribution in [-0.2, 0) is 24.3 Å². The quantitative estimate of drug-likeness (QED) is 0.557. The van der Waals surface area contributed by atoms with Crippen molar-refractivity contribution in [2.75, 3.05) is 26.1 Å². The Labute approximate surface area is 195 Å². The molecule has 3 aromatic rings. The van der Waals surface area contributed by atoms with Crippen molar-refractivity contribution in [1.29, 1.82) is 5.26 Å². The molecule has 33 heavy (non-hydrogen) atoms. The van der Waals surface area contributed by atoms with E-state index in [2.05, 4.69) is 16.3 Å². The number of hydrogen-bond acceptors (Lipinski definition) is 8. The number of fused-ring (bicyclic) bond motifs is 2. The highest BCUT2D eigenvalue weighted by molar-refractivity contribution is 8.00. The molecule has 168 valence electrons. The molecule has 9 heteroatoms. The molecule has 0 radical (unpaired) electrons. The smallest absolute Gasteiger partial charge is 0.231 e. The molecule has 2 aliphatic heterocycles. The van der Waals surface area contributed by atoms with Crippen LogP contribution in [0.2, 0.25) is 0 Å². The summed E-state index contributed by atoms with van der Waals surface area (Å²) in [4.78, 5) is 19.5. The Morgan fingerprint density at radius 1 is 1.30 bits per heavy atom. The first-order valence-corrected chi connectivity index (χ1v) is 11.6. The molecule has 0 bridgehead atoms. The van der Waals surface area contributed by atoms with E-state index < -0.39 is 0 Å². The minimum absolute atomic E-state index is 0.139. The van der Waals surface area contributed by atoms with Gasteiger partial charge in [0.2, 0.25) is 12.7 Å². The van der Waals surface area contributed by atoms with Crippen LogP contribution in [0.3, 0.4) is 0 Å². The van der Waals surface area contributed by atoms with Gasteiger partial charge in [-0.05, 0) is 36.9 Å². The molecule has 1 amide bonds. The number of thioether (sulfide) groups is 1. The number of pyridine rings is 1. The lowest BCUT2D eigenvalue weighted by Gasteiger charge is -2.27. The van der Waals surface area contributed by atoms with E-state index in [-0.39, 0.29) is 18.5 Å². The van der Waals surface area contributed by atoms with Gasteiger partial charge in [0, 0.05) is 42.9 Å². The van der Waals surface area contributed by atoms with Crippen LogP contribution in [0.5, 0.6) is 11.5 Å². The third kappa shape index (κ3) is 4.40. The van der Waals surface area contributed by atoms with Crippen molar-refractivity contribution in [3.8, 4) is 28.9 Å². The lowest BCUT2D eigenvalue weighted by Crippen LogP contribution is -2.28. The number of rotatable bonds is 6. The molecule has 2 aromatic heterocycles. The molecule has 0 saturated heterocycles. The topological polar surface area (TPSA) is 101 Å². The molecule has 1 N–H and O–H groups in total. The highest BCUT2D eigenvalue weighted by Gasteiger charge is 2.26. The number of nitriles is 1. The maximum atomic E-state index is 12.5. The molecule has 0 atom stereocenters. The van der Waals surface area contributed by atoms with Crippen LogP contribution in [0.1, 0.15) is 22.4 Å². The van der Waals surface area contributed by atoms with Gasteiger partial charge >= 0.3 is 0 Å². The van der Waals surface area contributed by atoms with Crippen molar-refractivity contribution in [3.63, 3.8) is 0 Å². The summed E-state index contributed by atoms with van der Waals surface area (Å²) in [7, 11) is 2.05. The molecule has 4 heterocycles. The van der Waals surface area contributed by atoms with E-state index in [1.807, 2.05) is 37.4 Å². The summed E-state index contributed by atoms with van der Waals surface area (Å²) < 4.78 is 16.4. The summed E-state index contributed by atoms with van der Waals surface area (Å²) in [6.07, 6.45) is 2.39. The van der Waals surface area contributed by atoms with Gasteiger partial charge in [0.15, 0.2) is 11.5 Å². The first-order chi connectivity index (χ1) is 16.1. The summed E-state index contributed by atoms with van der Waals surface area (Å²) in [5, 5.41) is 13.5. The fourth-order valence-corrected chi connectivity index (χ4v) is 4.84. The first kappa shape index (κ1) is 21.4. The Hall–Kier alpha value is -3.48. The summed E-state index contributed by atoms with van der Waals surface area (Å²) in [5.41, 5.74) is 4.13. The number of benzene rings is 1. The summed E-state index contributed by atoms with van der Waals surface area (Å²) >= 11 is 1.27. The van der Waals surface area contributed by atoms with Crippen LogP contribution in [-0.4, -0.2) is 41.9 Å². The third-order valence-corrected chi connectivity index (χ3v) is 6.63. The number of furan rings is 1. The van der Waals surface area contributed by atoms with Gasteiger partial charge in [0.1, 0.15) is 16.9 Å². The fourth-order valence-electron chi connectivity index (χ4n) is 4.01. The second-order valence-corrected chi connectivity index (χ2v) is 8.89. The van der Waals surface area contributed by atoms with Crippen molar-refractivity contribution in [3.05, 3.63) is 59.0 Å². The Bertz CT molecular complexity index is 1240. The molecule has 2 aliphatic rings. The largest absolute Gasteiger partial charge is 0.464 e. The van der Waals surface area contributed by atoms with Gasteiger partial charge < -0.3 is 24.1 Å². The Morgan fingerprint density at radius 3 is 3.00 bits per heavy atom. The van der Waals surface area contributed by atoms with E-state index in [9.17, 15) is 10.1 Å². The number of hydrogen-bond donors (Lipinski definition) is 1. The fraction of sp³-hybridized carbons (Fsp3) is 0.292. The Morgan fingerprint density at radius 2 is 2.18 bits per heavy atom. The molecular formula is C24H22N4O4S. The van der Waals surface area contributed by atoms with Crippen LogP contribution in [0, 0.1) is 11.3 Å². The van der Waals surface area contributed by atoms with E-state index in [0.29, 0.717) is 40.9 Å². The van der Waals surface area contributed by atoms with Gasteiger partial charge in [-0.25, -0.2) is 4.98 Å². The number of aromatic nitrogens is 1. The molecule has 1 aromatic carbocycles. The number of nitrogens with one attached hydrogen (secondary N) is 1. The molecule has 0 saturated carbocycles. The minimum Gasteiger partial charge on any atom is -0.464 e. The highest BCUT2D eigenvalue weighted by atomic mass is 32.2. The summed E-state index contributed by atoms with van der Waals surface area (Å²) in [5.74, 6) is 2.06. The number of amides is 1. The second-order valence-electron chi connectivity index (χ2n) is 7.92.